The van der Waals surface area contributed by atoms with Crippen molar-refractivity contribution >= 4 is 22.5 Å². The average molecular weight is 412 g/mol. The van der Waals surface area contributed by atoms with E-state index in [1.807, 2.05) is 36.4 Å². The van der Waals surface area contributed by atoms with Gasteiger partial charge in [0.15, 0.2) is 0 Å². The van der Waals surface area contributed by atoms with E-state index in [9.17, 15) is 9.90 Å². The Morgan fingerprint density at radius 2 is 1.90 bits per heavy atom. The maximum absolute atomic E-state index is 13.0. The van der Waals surface area contributed by atoms with Crippen LogP contribution in [-0.4, -0.2) is 33.8 Å². The molecule has 4 aromatic rings. The van der Waals surface area contributed by atoms with Gasteiger partial charge in [0.1, 0.15) is 11.5 Å². The number of hydrogen-bond acceptors (Lipinski definition) is 6. The normalized spacial score (nSPS) is 11.4. The van der Waals surface area contributed by atoms with Gasteiger partial charge < -0.3 is 9.84 Å². The summed E-state index contributed by atoms with van der Waals surface area (Å²) in [6.07, 6.45) is 3.39. The molecule has 0 atom stereocenters. The van der Waals surface area contributed by atoms with Gasteiger partial charge in [-0.05, 0) is 43.3 Å². The summed E-state index contributed by atoms with van der Waals surface area (Å²) < 4.78 is 5.09. The molecule has 2 aromatic carbocycles. The molecule has 1 amide bonds. The molecule has 31 heavy (non-hydrogen) atoms. The molecule has 154 valence electrons. The third kappa shape index (κ3) is 4.20. The van der Waals surface area contributed by atoms with Gasteiger partial charge in [-0.3, -0.25) is 9.78 Å². The largest absolute Gasteiger partial charge is 0.507 e. The van der Waals surface area contributed by atoms with Crippen LogP contribution in [0.15, 0.2) is 78.2 Å². The number of carbonyl (C=O) groups excluding carboxylic acids is 1. The first-order valence-corrected chi connectivity index (χ1v) is 9.59. The molecule has 0 aliphatic carbocycles. The van der Waals surface area contributed by atoms with Crippen LogP contribution in [0.5, 0.6) is 11.5 Å². The molecule has 0 unspecified atom stereocenters. The summed E-state index contributed by atoms with van der Waals surface area (Å²) in [5.41, 5.74) is 6.14. The van der Waals surface area contributed by atoms with Crippen molar-refractivity contribution in [3.8, 4) is 22.8 Å². The lowest BCUT2D eigenvalue weighted by Gasteiger charge is -2.10. The lowest BCUT2D eigenvalue weighted by atomic mass is 10.0. The van der Waals surface area contributed by atoms with Gasteiger partial charge >= 0.3 is 0 Å². The number of rotatable bonds is 5. The number of carbonyl (C=O) groups is 1. The highest BCUT2D eigenvalue weighted by Crippen LogP contribution is 2.25. The zero-order valence-corrected chi connectivity index (χ0v) is 17.0. The Morgan fingerprint density at radius 1 is 1.06 bits per heavy atom. The molecular formula is C24H20N4O3. The second-order valence-corrected chi connectivity index (χ2v) is 6.84. The average Bonchev–Trinajstić information content (AvgIpc) is 2.82. The number of aromatic hydroxyl groups is 1. The van der Waals surface area contributed by atoms with Crippen molar-refractivity contribution in [1.29, 1.82) is 0 Å². The van der Waals surface area contributed by atoms with E-state index in [0.717, 1.165) is 5.56 Å². The summed E-state index contributed by atoms with van der Waals surface area (Å²) in [6, 6.07) is 17.8. The molecule has 7 nitrogen and oxygen atoms in total. The number of nitrogens with one attached hydrogen (secondary N) is 1. The number of fused-ring (bicyclic) bond motifs is 1. The number of hydrazone groups is 1. The molecule has 0 aliphatic heterocycles. The molecule has 0 saturated heterocycles. The van der Waals surface area contributed by atoms with E-state index in [4.69, 9.17) is 4.74 Å². The van der Waals surface area contributed by atoms with Gasteiger partial charge in [-0.1, -0.05) is 18.2 Å². The second-order valence-electron chi connectivity index (χ2n) is 6.84. The number of phenols is 1. The molecule has 0 spiro atoms. The summed E-state index contributed by atoms with van der Waals surface area (Å²) >= 11 is 0. The number of para-hydroxylation sites is 1. The molecule has 2 heterocycles. The number of benzene rings is 2. The number of hydrogen-bond donors (Lipinski definition) is 2. The minimum Gasteiger partial charge on any atom is -0.507 e. The minimum atomic E-state index is -0.379. The number of methoxy groups -OCH3 is 1. The summed E-state index contributed by atoms with van der Waals surface area (Å²) in [7, 11) is 1.52. The fraction of sp³-hybridized carbons (Fsp3) is 0.0833. The van der Waals surface area contributed by atoms with Gasteiger partial charge in [-0.25, -0.2) is 10.4 Å². The maximum Gasteiger partial charge on any atom is 0.272 e. The standard InChI is InChI=1S/C24H20N4O3/c1-15(18-10-9-17(31-2)12-23(18)29)27-28-24(30)20-13-22(16-6-5-11-25-14-16)26-21-8-4-3-7-19(20)21/h3-14,29H,1-2H3,(H,28,30). The van der Waals surface area contributed by atoms with E-state index >= 15 is 0 Å². The van der Waals surface area contributed by atoms with Crippen molar-refractivity contribution in [2.75, 3.05) is 7.11 Å². The van der Waals surface area contributed by atoms with Gasteiger partial charge in [-0.15, -0.1) is 0 Å². The zero-order valence-electron chi connectivity index (χ0n) is 17.0. The van der Waals surface area contributed by atoms with Gasteiger partial charge in [0.05, 0.1) is 29.6 Å². The highest BCUT2D eigenvalue weighted by Gasteiger charge is 2.14. The van der Waals surface area contributed by atoms with Crippen LogP contribution >= 0.6 is 0 Å². The Bertz CT molecular complexity index is 1290. The topological polar surface area (TPSA) is 96.7 Å². The first-order valence-electron chi connectivity index (χ1n) is 9.59. The van der Waals surface area contributed by atoms with Crippen LogP contribution < -0.4 is 10.2 Å². The third-order valence-electron chi connectivity index (χ3n) is 4.84. The number of phenolic OH excluding ortho intramolecular Hbond substituents is 1. The van der Waals surface area contributed by atoms with Gasteiger partial charge in [0.2, 0.25) is 0 Å². The molecule has 0 bridgehead atoms. The monoisotopic (exact) mass is 412 g/mol. The van der Waals surface area contributed by atoms with Gasteiger partial charge in [0, 0.05) is 35.0 Å². The quantitative estimate of drug-likeness (QED) is 0.379. The Balaban J connectivity index is 1.68. The van der Waals surface area contributed by atoms with Crippen LogP contribution in [0.1, 0.15) is 22.8 Å². The van der Waals surface area contributed by atoms with Crippen LogP contribution in [0.25, 0.3) is 22.2 Å². The van der Waals surface area contributed by atoms with Crippen molar-refractivity contribution < 1.29 is 14.6 Å². The van der Waals surface area contributed by atoms with Crippen molar-refractivity contribution in [2.45, 2.75) is 6.92 Å². The predicted octanol–water partition coefficient (Wildman–Crippen LogP) is 4.17. The van der Waals surface area contributed by atoms with E-state index in [2.05, 4.69) is 20.5 Å². The second kappa shape index (κ2) is 8.62. The zero-order chi connectivity index (χ0) is 21.8. The van der Waals surface area contributed by atoms with Gasteiger partial charge in [-0.2, -0.15) is 5.10 Å². The first kappa shape index (κ1) is 20.0. The third-order valence-corrected chi connectivity index (χ3v) is 4.84. The molecule has 2 aromatic heterocycles. The summed E-state index contributed by atoms with van der Waals surface area (Å²) in [4.78, 5) is 21.8. The van der Waals surface area contributed by atoms with Crippen LogP contribution in [0.2, 0.25) is 0 Å². The minimum absolute atomic E-state index is 0.0167. The lowest BCUT2D eigenvalue weighted by molar-refractivity contribution is 0.0956. The number of amides is 1. The van der Waals surface area contributed by atoms with Crippen LogP contribution in [0.3, 0.4) is 0 Å². The molecule has 0 fully saturated rings. The molecule has 7 heteroatoms. The SMILES string of the molecule is COc1ccc(C(C)=NNC(=O)c2cc(-c3cccnc3)nc3ccccc23)c(O)c1. The highest BCUT2D eigenvalue weighted by atomic mass is 16.5. The number of nitrogens with zero attached hydrogens (tertiary/aromatic N) is 3. The molecule has 0 aliphatic rings. The number of ether oxygens (including phenoxy) is 1. The van der Waals surface area contributed by atoms with Crippen molar-refractivity contribution in [2.24, 2.45) is 5.10 Å². The van der Waals surface area contributed by atoms with E-state index in [1.54, 1.807) is 37.5 Å². The van der Waals surface area contributed by atoms with E-state index < -0.39 is 0 Å². The van der Waals surface area contributed by atoms with Gasteiger partial charge in [0.25, 0.3) is 5.91 Å². The van der Waals surface area contributed by atoms with E-state index in [0.29, 0.717) is 39.2 Å². The number of pyridine rings is 2. The first-order chi connectivity index (χ1) is 15.1. The Morgan fingerprint density at radius 3 is 2.65 bits per heavy atom. The Labute approximate surface area is 179 Å². The van der Waals surface area contributed by atoms with Crippen molar-refractivity contribution in [1.82, 2.24) is 15.4 Å². The molecular weight excluding hydrogens is 392 g/mol. The summed E-state index contributed by atoms with van der Waals surface area (Å²) in [5.74, 6) is 0.170. The van der Waals surface area contributed by atoms with E-state index in [-0.39, 0.29) is 11.7 Å². The summed E-state index contributed by atoms with van der Waals surface area (Å²) in [5, 5.41) is 15.1. The predicted molar refractivity (Wildman–Crippen MR) is 119 cm³/mol. The van der Waals surface area contributed by atoms with Crippen molar-refractivity contribution in [3.05, 3.63) is 84.2 Å². The summed E-state index contributed by atoms with van der Waals surface area (Å²) in [6.45, 7) is 1.70. The maximum atomic E-state index is 13.0. The highest BCUT2D eigenvalue weighted by molar-refractivity contribution is 6.08. The van der Waals surface area contributed by atoms with Crippen LogP contribution in [0.4, 0.5) is 0 Å². The fourth-order valence-electron chi connectivity index (χ4n) is 3.22. The van der Waals surface area contributed by atoms with Crippen LogP contribution in [0, 0.1) is 0 Å². The molecule has 2 N–H and O–H groups in total. The molecule has 0 saturated carbocycles. The fourth-order valence-corrected chi connectivity index (χ4v) is 3.22. The smallest absolute Gasteiger partial charge is 0.272 e. The Hall–Kier alpha value is -4.26. The van der Waals surface area contributed by atoms with Crippen LogP contribution in [-0.2, 0) is 0 Å². The van der Waals surface area contributed by atoms with Crippen molar-refractivity contribution in [3.63, 3.8) is 0 Å². The molecule has 4 rings (SSSR count). The number of aromatic nitrogens is 2. The lowest BCUT2D eigenvalue weighted by Crippen LogP contribution is -2.20. The molecule has 0 radical (unpaired) electrons. The van der Waals surface area contributed by atoms with E-state index in [1.165, 1.54) is 13.2 Å². The Kier molecular flexibility index (Phi) is 5.57.